The zero-order chi connectivity index (χ0) is 13.0. The molecule has 2 aromatic rings. The molecule has 5 heteroatoms. The lowest BCUT2D eigenvalue weighted by molar-refractivity contribution is 0.188. The summed E-state index contributed by atoms with van der Waals surface area (Å²) >= 11 is 0. The van der Waals surface area contributed by atoms with Crippen LogP contribution < -0.4 is 5.32 Å². The minimum atomic E-state index is -0.227. The van der Waals surface area contributed by atoms with E-state index in [1.807, 2.05) is 16.8 Å². The number of nitrogens with zero attached hydrogens (tertiary/aromatic N) is 2. The second-order valence-corrected chi connectivity index (χ2v) is 3.97. The first-order valence-corrected chi connectivity index (χ1v) is 5.74. The number of benzene rings is 1. The Labute approximate surface area is 105 Å². The van der Waals surface area contributed by atoms with Gasteiger partial charge in [-0.25, -0.2) is 9.37 Å². The standard InChI is InChI=1S/C13H16FN3O/c1-10-11(14)4-3-5-12(10)16-13-15-6-7-17(13)8-9-18-2/h3-7H,8-9H2,1-2H3,(H,15,16). The van der Waals surface area contributed by atoms with Crippen LogP contribution in [-0.2, 0) is 11.3 Å². The van der Waals surface area contributed by atoms with Gasteiger partial charge in [0.25, 0.3) is 0 Å². The number of rotatable bonds is 5. The third kappa shape index (κ3) is 2.68. The minimum absolute atomic E-state index is 0.227. The van der Waals surface area contributed by atoms with Crippen molar-refractivity contribution in [3.8, 4) is 0 Å². The summed E-state index contributed by atoms with van der Waals surface area (Å²) in [6, 6.07) is 4.94. The van der Waals surface area contributed by atoms with Gasteiger partial charge in [0.15, 0.2) is 0 Å². The number of anilines is 2. The third-order valence-corrected chi connectivity index (χ3v) is 2.77. The van der Waals surface area contributed by atoms with Crippen LogP contribution in [0.2, 0.25) is 0 Å². The van der Waals surface area contributed by atoms with Gasteiger partial charge >= 0.3 is 0 Å². The van der Waals surface area contributed by atoms with Crippen molar-refractivity contribution in [2.75, 3.05) is 19.0 Å². The van der Waals surface area contributed by atoms with Crippen LogP contribution in [0.4, 0.5) is 16.0 Å². The van der Waals surface area contributed by atoms with E-state index in [2.05, 4.69) is 10.3 Å². The first-order valence-electron chi connectivity index (χ1n) is 5.74. The van der Waals surface area contributed by atoms with E-state index in [0.717, 1.165) is 5.69 Å². The molecule has 0 fully saturated rings. The summed E-state index contributed by atoms with van der Waals surface area (Å²) in [5.41, 5.74) is 1.30. The lowest BCUT2D eigenvalue weighted by Gasteiger charge is -2.11. The van der Waals surface area contributed by atoms with Gasteiger partial charge in [0.1, 0.15) is 5.82 Å². The van der Waals surface area contributed by atoms with Crippen LogP contribution in [0.25, 0.3) is 0 Å². The lowest BCUT2D eigenvalue weighted by atomic mass is 10.2. The second kappa shape index (κ2) is 5.64. The van der Waals surface area contributed by atoms with Crippen molar-refractivity contribution in [1.29, 1.82) is 0 Å². The van der Waals surface area contributed by atoms with E-state index in [-0.39, 0.29) is 5.82 Å². The highest BCUT2D eigenvalue weighted by molar-refractivity contribution is 5.58. The maximum Gasteiger partial charge on any atom is 0.207 e. The van der Waals surface area contributed by atoms with E-state index in [4.69, 9.17) is 4.74 Å². The number of imidazole rings is 1. The zero-order valence-corrected chi connectivity index (χ0v) is 10.5. The molecule has 0 saturated heterocycles. The largest absolute Gasteiger partial charge is 0.383 e. The molecule has 0 amide bonds. The number of ether oxygens (including phenoxy) is 1. The predicted octanol–water partition coefficient (Wildman–Crippen LogP) is 2.72. The average Bonchev–Trinajstić information content (AvgIpc) is 2.80. The summed E-state index contributed by atoms with van der Waals surface area (Å²) in [7, 11) is 1.65. The Kier molecular flexibility index (Phi) is 3.94. The molecule has 0 saturated carbocycles. The van der Waals surface area contributed by atoms with Gasteiger partial charge in [0.2, 0.25) is 5.95 Å². The molecule has 0 aliphatic carbocycles. The summed E-state index contributed by atoms with van der Waals surface area (Å²) < 4.78 is 20.4. The monoisotopic (exact) mass is 249 g/mol. The van der Waals surface area contributed by atoms with Gasteiger partial charge in [0, 0.05) is 37.3 Å². The molecule has 0 radical (unpaired) electrons. The summed E-state index contributed by atoms with van der Waals surface area (Å²) in [6.07, 6.45) is 3.56. The maximum atomic E-state index is 13.4. The summed E-state index contributed by atoms with van der Waals surface area (Å²) in [6.45, 7) is 3.04. The molecule has 0 aliphatic rings. The molecular formula is C13H16FN3O. The highest BCUT2D eigenvalue weighted by Gasteiger charge is 2.07. The van der Waals surface area contributed by atoms with Crippen LogP contribution in [0.15, 0.2) is 30.6 Å². The van der Waals surface area contributed by atoms with Gasteiger partial charge in [0.05, 0.1) is 6.61 Å². The van der Waals surface area contributed by atoms with Crippen molar-refractivity contribution >= 4 is 11.6 Å². The van der Waals surface area contributed by atoms with Crippen LogP contribution in [0, 0.1) is 12.7 Å². The molecule has 2 rings (SSSR count). The Bertz CT molecular complexity index is 525. The fourth-order valence-electron chi connectivity index (χ4n) is 1.67. The van der Waals surface area contributed by atoms with Crippen LogP contribution in [0.3, 0.4) is 0 Å². The number of aromatic nitrogens is 2. The van der Waals surface area contributed by atoms with Gasteiger partial charge in [-0.1, -0.05) is 6.07 Å². The van der Waals surface area contributed by atoms with E-state index in [0.29, 0.717) is 24.7 Å². The Morgan fingerprint density at radius 2 is 2.28 bits per heavy atom. The molecule has 1 aromatic carbocycles. The highest BCUT2D eigenvalue weighted by atomic mass is 19.1. The summed E-state index contributed by atoms with van der Waals surface area (Å²) in [4.78, 5) is 4.21. The third-order valence-electron chi connectivity index (χ3n) is 2.77. The topological polar surface area (TPSA) is 39.1 Å². The zero-order valence-electron chi connectivity index (χ0n) is 10.5. The molecule has 0 spiro atoms. The normalized spacial score (nSPS) is 10.6. The molecule has 96 valence electrons. The minimum Gasteiger partial charge on any atom is -0.383 e. The Morgan fingerprint density at radius 3 is 3.06 bits per heavy atom. The summed E-state index contributed by atoms with van der Waals surface area (Å²) in [5.74, 6) is 0.454. The van der Waals surface area contributed by atoms with E-state index in [9.17, 15) is 4.39 Å². The van der Waals surface area contributed by atoms with E-state index in [1.165, 1.54) is 6.07 Å². The fraction of sp³-hybridized carbons (Fsp3) is 0.308. The Balaban J connectivity index is 2.18. The van der Waals surface area contributed by atoms with E-state index in [1.54, 1.807) is 26.3 Å². The van der Waals surface area contributed by atoms with Gasteiger partial charge in [-0.3, -0.25) is 0 Å². The smallest absolute Gasteiger partial charge is 0.207 e. The van der Waals surface area contributed by atoms with Crippen LogP contribution >= 0.6 is 0 Å². The first-order chi connectivity index (χ1) is 8.72. The van der Waals surface area contributed by atoms with Crippen molar-refractivity contribution < 1.29 is 9.13 Å². The van der Waals surface area contributed by atoms with Crippen molar-refractivity contribution in [1.82, 2.24) is 9.55 Å². The molecule has 1 N–H and O–H groups in total. The number of halogens is 1. The van der Waals surface area contributed by atoms with Crippen molar-refractivity contribution in [2.45, 2.75) is 13.5 Å². The highest BCUT2D eigenvalue weighted by Crippen LogP contribution is 2.21. The molecule has 1 heterocycles. The van der Waals surface area contributed by atoms with Crippen LogP contribution in [0.5, 0.6) is 0 Å². The molecular weight excluding hydrogens is 233 g/mol. The molecule has 0 aliphatic heterocycles. The quantitative estimate of drug-likeness (QED) is 0.885. The Morgan fingerprint density at radius 1 is 1.44 bits per heavy atom. The maximum absolute atomic E-state index is 13.4. The molecule has 0 atom stereocenters. The van der Waals surface area contributed by atoms with Crippen LogP contribution in [0.1, 0.15) is 5.56 Å². The van der Waals surface area contributed by atoms with Crippen LogP contribution in [-0.4, -0.2) is 23.3 Å². The number of methoxy groups -OCH3 is 1. The fourth-order valence-corrected chi connectivity index (χ4v) is 1.67. The van der Waals surface area contributed by atoms with Gasteiger partial charge in [-0.15, -0.1) is 0 Å². The Hall–Kier alpha value is -1.88. The number of hydrogen-bond acceptors (Lipinski definition) is 3. The SMILES string of the molecule is COCCn1ccnc1Nc1cccc(F)c1C. The molecule has 0 unspecified atom stereocenters. The molecule has 0 bridgehead atoms. The van der Waals surface area contributed by atoms with Crippen molar-refractivity contribution in [2.24, 2.45) is 0 Å². The predicted molar refractivity (Wildman–Crippen MR) is 68.5 cm³/mol. The number of nitrogens with one attached hydrogen (secondary N) is 1. The van der Waals surface area contributed by atoms with Gasteiger partial charge in [-0.2, -0.15) is 0 Å². The van der Waals surface area contributed by atoms with Gasteiger partial charge < -0.3 is 14.6 Å². The van der Waals surface area contributed by atoms with Crippen molar-refractivity contribution in [3.63, 3.8) is 0 Å². The second-order valence-electron chi connectivity index (χ2n) is 3.97. The average molecular weight is 249 g/mol. The van der Waals surface area contributed by atoms with Crippen molar-refractivity contribution in [3.05, 3.63) is 42.0 Å². The molecule has 18 heavy (non-hydrogen) atoms. The first kappa shape index (κ1) is 12.6. The lowest BCUT2D eigenvalue weighted by Crippen LogP contribution is -2.08. The molecule has 4 nitrogen and oxygen atoms in total. The van der Waals surface area contributed by atoms with E-state index >= 15 is 0 Å². The summed E-state index contributed by atoms with van der Waals surface area (Å²) in [5, 5.41) is 3.13. The number of hydrogen-bond donors (Lipinski definition) is 1. The molecule has 1 aromatic heterocycles. The van der Waals surface area contributed by atoms with E-state index < -0.39 is 0 Å². The van der Waals surface area contributed by atoms with Gasteiger partial charge in [-0.05, 0) is 19.1 Å².